The van der Waals surface area contributed by atoms with Gasteiger partial charge in [0.1, 0.15) is 0 Å². The Morgan fingerprint density at radius 1 is 1.67 bits per heavy atom. The van der Waals surface area contributed by atoms with Crippen molar-refractivity contribution in [2.24, 2.45) is 7.05 Å². The van der Waals surface area contributed by atoms with Gasteiger partial charge in [-0.3, -0.25) is 14.9 Å². The Balaban J connectivity index is 3.49. The van der Waals surface area contributed by atoms with Crippen molar-refractivity contribution in [1.29, 1.82) is 0 Å². The fourth-order valence-electron chi connectivity index (χ4n) is 0.851. The van der Waals surface area contributed by atoms with Crippen molar-refractivity contribution in [1.82, 2.24) is 4.57 Å². The lowest BCUT2D eigenvalue weighted by Crippen LogP contribution is -2.19. The number of nitrogen functional groups attached to an aromatic ring is 1. The van der Waals surface area contributed by atoms with E-state index in [1.165, 1.54) is 13.2 Å². The van der Waals surface area contributed by atoms with E-state index in [-0.39, 0.29) is 5.69 Å². The second kappa shape index (κ2) is 2.65. The molecule has 1 aromatic heterocycles. The number of nitrogens with two attached hydrogens (primary N) is 1. The van der Waals surface area contributed by atoms with E-state index in [1.54, 1.807) is 0 Å². The molecule has 0 radical (unpaired) electrons. The summed E-state index contributed by atoms with van der Waals surface area (Å²) in [7, 11) is 1.41. The fourth-order valence-corrected chi connectivity index (χ4v) is 0.851. The largest absolute Gasteiger partial charge is 0.397 e. The van der Waals surface area contributed by atoms with E-state index in [4.69, 9.17) is 5.73 Å². The number of nitro groups is 1. The quantitative estimate of drug-likeness (QED) is 0.468. The zero-order valence-corrected chi connectivity index (χ0v) is 6.35. The molecule has 0 aliphatic heterocycles. The molecular weight excluding hydrogens is 162 g/mol. The van der Waals surface area contributed by atoms with Crippen molar-refractivity contribution in [2.75, 3.05) is 5.73 Å². The van der Waals surface area contributed by atoms with Gasteiger partial charge in [-0.15, -0.1) is 0 Å². The monoisotopic (exact) mass is 169 g/mol. The summed E-state index contributed by atoms with van der Waals surface area (Å²) in [6, 6.07) is 1.04. The lowest BCUT2D eigenvalue weighted by molar-refractivity contribution is -0.386. The molecule has 0 aromatic carbocycles. The molecule has 0 spiro atoms. The molecule has 12 heavy (non-hydrogen) atoms. The summed E-state index contributed by atoms with van der Waals surface area (Å²) < 4.78 is 1.08. The third-order valence-corrected chi connectivity index (χ3v) is 1.38. The third-order valence-electron chi connectivity index (χ3n) is 1.38. The molecule has 0 unspecified atom stereocenters. The lowest BCUT2D eigenvalue weighted by atomic mass is 10.4. The zero-order valence-electron chi connectivity index (χ0n) is 6.35. The van der Waals surface area contributed by atoms with E-state index in [1.807, 2.05) is 0 Å². The van der Waals surface area contributed by atoms with Gasteiger partial charge in [0, 0.05) is 19.3 Å². The molecule has 0 amide bonds. The molecule has 6 heteroatoms. The highest BCUT2D eigenvalue weighted by molar-refractivity contribution is 5.44. The highest BCUT2D eigenvalue weighted by atomic mass is 16.6. The first-order chi connectivity index (χ1) is 5.52. The Bertz CT molecular complexity index is 382. The fraction of sp³-hybridized carbons (Fsp3) is 0.167. The number of anilines is 1. The number of aryl methyl sites for hydroxylation is 1. The van der Waals surface area contributed by atoms with Crippen LogP contribution in [0, 0.1) is 10.1 Å². The van der Waals surface area contributed by atoms with Gasteiger partial charge in [0.2, 0.25) is 0 Å². The maximum atomic E-state index is 11.0. The van der Waals surface area contributed by atoms with Crippen molar-refractivity contribution in [2.45, 2.75) is 0 Å². The minimum atomic E-state index is -0.751. The van der Waals surface area contributed by atoms with Crippen LogP contribution in [0.4, 0.5) is 11.4 Å². The Hall–Kier alpha value is -1.85. The highest BCUT2D eigenvalue weighted by Crippen LogP contribution is 2.07. The summed E-state index contributed by atoms with van der Waals surface area (Å²) in [4.78, 5) is 20.5. The maximum absolute atomic E-state index is 11.0. The predicted octanol–water partition coefficient (Wildman–Crippen LogP) is -0.124. The summed E-state index contributed by atoms with van der Waals surface area (Å²) in [6.45, 7) is 0. The molecule has 0 aliphatic rings. The summed E-state index contributed by atoms with van der Waals surface area (Å²) in [5.74, 6) is 0. The number of hydrogen-bond donors (Lipinski definition) is 1. The number of pyridine rings is 1. The molecule has 6 nitrogen and oxygen atoms in total. The van der Waals surface area contributed by atoms with Crippen LogP contribution in [0.2, 0.25) is 0 Å². The van der Waals surface area contributed by atoms with Crippen molar-refractivity contribution in [3.05, 3.63) is 32.7 Å². The van der Waals surface area contributed by atoms with Gasteiger partial charge < -0.3 is 10.3 Å². The molecule has 0 bridgehead atoms. The topological polar surface area (TPSA) is 91.2 Å². The number of hydrogen-bond acceptors (Lipinski definition) is 4. The third kappa shape index (κ3) is 1.26. The van der Waals surface area contributed by atoms with E-state index >= 15 is 0 Å². The summed E-state index contributed by atoms with van der Waals surface area (Å²) in [6.07, 6.45) is 1.33. The molecule has 0 fully saturated rings. The van der Waals surface area contributed by atoms with Crippen molar-refractivity contribution < 1.29 is 4.92 Å². The summed E-state index contributed by atoms with van der Waals surface area (Å²) in [5.41, 5.74) is 4.34. The van der Waals surface area contributed by atoms with Gasteiger partial charge in [-0.2, -0.15) is 0 Å². The molecule has 1 rings (SSSR count). The highest BCUT2D eigenvalue weighted by Gasteiger charge is 2.13. The molecule has 1 heterocycles. The summed E-state index contributed by atoms with van der Waals surface area (Å²) >= 11 is 0. The Morgan fingerprint density at radius 3 is 2.75 bits per heavy atom. The van der Waals surface area contributed by atoms with Gasteiger partial charge in [0.25, 0.3) is 0 Å². The average molecular weight is 169 g/mol. The Kier molecular flexibility index (Phi) is 1.82. The first kappa shape index (κ1) is 8.25. The van der Waals surface area contributed by atoms with Crippen LogP contribution < -0.4 is 11.3 Å². The smallest absolute Gasteiger partial charge is 0.336 e. The van der Waals surface area contributed by atoms with Crippen LogP contribution in [0.3, 0.4) is 0 Å². The van der Waals surface area contributed by atoms with E-state index in [0.29, 0.717) is 0 Å². The van der Waals surface area contributed by atoms with Gasteiger partial charge in [-0.25, -0.2) is 0 Å². The first-order valence-electron chi connectivity index (χ1n) is 3.13. The predicted molar refractivity (Wildman–Crippen MR) is 42.7 cm³/mol. The minimum Gasteiger partial charge on any atom is -0.397 e. The van der Waals surface area contributed by atoms with Crippen LogP contribution in [-0.4, -0.2) is 9.49 Å². The van der Waals surface area contributed by atoms with E-state index in [2.05, 4.69) is 0 Å². The van der Waals surface area contributed by atoms with Gasteiger partial charge >= 0.3 is 11.2 Å². The average Bonchev–Trinajstić information content (AvgIpc) is 1.96. The van der Waals surface area contributed by atoms with Crippen molar-refractivity contribution in [3.8, 4) is 0 Å². The second-order valence-corrected chi connectivity index (χ2v) is 2.33. The van der Waals surface area contributed by atoms with Crippen LogP contribution in [0.5, 0.6) is 0 Å². The first-order valence-corrected chi connectivity index (χ1v) is 3.13. The van der Waals surface area contributed by atoms with Crippen molar-refractivity contribution in [3.63, 3.8) is 0 Å². The Morgan fingerprint density at radius 2 is 2.25 bits per heavy atom. The molecule has 1 aromatic rings. The van der Waals surface area contributed by atoms with Crippen LogP contribution in [0.25, 0.3) is 0 Å². The SMILES string of the molecule is Cn1cc(N)cc([N+](=O)[O-])c1=O. The maximum Gasteiger partial charge on any atom is 0.336 e. The number of rotatable bonds is 1. The molecule has 0 atom stereocenters. The van der Waals surface area contributed by atoms with Gasteiger partial charge in [0.15, 0.2) is 0 Å². The van der Waals surface area contributed by atoms with E-state index in [0.717, 1.165) is 10.6 Å². The number of nitrogens with zero attached hydrogens (tertiary/aromatic N) is 2. The van der Waals surface area contributed by atoms with Crippen LogP contribution in [-0.2, 0) is 7.05 Å². The molecule has 0 saturated carbocycles. The molecular formula is C6H7N3O3. The van der Waals surface area contributed by atoms with Crippen LogP contribution in [0.1, 0.15) is 0 Å². The van der Waals surface area contributed by atoms with E-state index in [9.17, 15) is 14.9 Å². The molecule has 2 N–H and O–H groups in total. The van der Waals surface area contributed by atoms with Gasteiger partial charge in [-0.05, 0) is 0 Å². The Labute approximate surface area is 67.4 Å². The van der Waals surface area contributed by atoms with Crippen LogP contribution >= 0.6 is 0 Å². The molecule has 64 valence electrons. The molecule has 0 saturated heterocycles. The number of aromatic nitrogens is 1. The lowest BCUT2D eigenvalue weighted by Gasteiger charge is -1.98. The summed E-state index contributed by atoms with van der Waals surface area (Å²) in [5, 5.41) is 10.3. The molecule has 0 aliphatic carbocycles. The zero-order chi connectivity index (χ0) is 9.30. The van der Waals surface area contributed by atoms with Gasteiger partial charge in [-0.1, -0.05) is 0 Å². The minimum absolute atomic E-state index is 0.198. The van der Waals surface area contributed by atoms with Crippen molar-refractivity contribution >= 4 is 11.4 Å². The standard InChI is InChI=1S/C6H7N3O3/c1-8-3-4(7)2-5(6(8)10)9(11)12/h2-3H,7H2,1H3. The normalized spacial score (nSPS) is 9.75. The second-order valence-electron chi connectivity index (χ2n) is 2.33. The van der Waals surface area contributed by atoms with E-state index < -0.39 is 16.2 Å². The van der Waals surface area contributed by atoms with Crippen LogP contribution in [0.15, 0.2) is 17.1 Å². The van der Waals surface area contributed by atoms with Gasteiger partial charge in [0.05, 0.1) is 10.6 Å².